The van der Waals surface area contributed by atoms with Gasteiger partial charge in [-0.05, 0) is 25.5 Å². The Labute approximate surface area is 150 Å². The van der Waals surface area contributed by atoms with Gasteiger partial charge in [0.15, 0.2) is 5.13 Å². The quantitative estimate of drug-likeness (QED) is 0.783. The summed E-state index contributed by atoms with van der Waals surface area (Å²) in [5, 5.41) is 3.33. The molecule has 0 saturated carbocycles. The molecule has 0 aliphatic rings. The van der Waals surface area contributed by atoms with Crippen LogP contribution in [0.25, 0.3) is 0 Å². The van der Waals surface area contributed by atoms with Gasteiger partial charge in [0.2, 0.25) is 0 Å². The zero-order chi connectivity index (χ0) is 18.0. The minimum atomic E-state index is -0.326. The number of pyridine rings is 1. The predicted octanol–water partition coefficient (Wildman–Crippen LogP) is 3.30. The van der Waals surface area contributed by atoms with Crippen LogP contribution in [-0.2, 0) is 13.5 Å². The average molecular weight is 353 g/mol. The van der Waals surface area contributed by atoms with E-state index in [2.05, 4.69) is 41.5 Å². The molecule has 2 aromatic heterocycles. The number of thiazole rings is 1. The molecule has 0 radical (unpaired) electrons. The Balaban J connectivity index is 1.75. The largest absolute Gasteiger partial charge is 0.319 e. The van der Waals surface area contributed by atoms with E-state index in [-0.39, 0.29) is 11.5 Å². The first kappa shape index (κ1) is 17.1. The van der Waals surface area contributed by atoms with Crippen molar-refractivity contribution in [2.45, 2.75) is 20.3 Å². The van der Waals surface area contributed by atoms with Crippen LogP contribution in [0.1, 0.15) is 32.1 Å². The van der Waals surface area contributed by atoms with E-state index >= 15 is 0 Å². The summed E-state index contributed by atoms with van der Waals surface area (Å²) in [6.07, 6.45) is 2.36. The Morgan fingerprint density at radius 3 is 2.60 bits per heavy atom. The normalized spacial score (nSPS) is 10.7. The number of amides is 1. The van der Waals surface area contributed by atoms with Crippen molar-refractivity contribution in [1.82, 2.24) is 9.55 Å². The molecular formula is C19H19N3O2S. The Morgan fingerprint density at radius 1 is 1.20 bits per heavy atom. The van der Waals surface area contributed by atoms with E-state index in [0.717, 1.165) is 17.0 Å². The van der Waals surface area contributed by atoms with Crippen molar-refractivity contribution in [3.8, 4) is 0 Å². The van der Waals surface area contributed by atoms with Gasteiger partial charge >= 0.3 is 0 Å². The fourth-order valence-corrected chi connectivity index (χ4v) is 3.39. The molecular weight excluding hydrogens is 334 g/mol. The van der Waals surface area contributed by atoms with Crippen LogP contribution >= 0.6 is 11.3 Å². The summed E-state index contributed by atoms with van der Waals surface area (Å²) in [5.74, 6) is -0.326. The number of nitrogens with zero attached hydrogens (tertiary/aromatic N) is 2. The fourth-order valence-electron chi connectivity index (χ4n) is 2.40. The van der Waals surface area contributed by atoms with Crippen LogP contribution in [0.4, 0.5) is 5.13 Å². The van der Waals surface area contributed by atoms with Crippen molar-refractivity contribution in [2.75, 3.05) is 5.32 Å². The number of benzene rings is 1. The maximum atomic E-state index is 12.3. The lowest BCUT2D eigenvalue weighted by atomic mass is 10.1. The molecule has 3 rings (SSSR count). The number of hydrogen-bond acceptors (Lipinski definition) is 4. The van der Waals surface area contributed by atoms with Crippen LogP contribution in [0.2, 0.25) is 0 Å². The molecule has 0 saturated heterocycles. The van der Waals surface area contributed by atoms with Crippen molar-refractivity contribution >= 4 is 22.4 Å². The van der Waals surface area contributed by atoms with Crippen LogP contribution in [0.15, 0.2) is 47.4 Å². The Morgan fingerprint density at radius 2 is 1.92 bits per heavy atom. The summed E-state index contributed by atoms with van der Waals surface area (Å²) in [7, 11) is 1.64. The first-order valence-corrected chi connectivity index (χ1v) is 8.74. The molecule has 1 aromatic carbocycles. The number of nitrogens with one attached hydrogen (secondary N) is 1. The van der Waals surface area contributed by atoms with Crippen LogP contribution in [0, 0.1) is 13.8 Å². The topological polar surface area (TPSA) is 64.0 Å². The molecule has 0 bridgehead atoms. The van der Waals surface area contributed by atoms with E-state index in [9.17, 15) is 9.59 Å². The summed E-state index contributed by atoms with van der Waals surface area (Å²) in [5.41, 5.74) is 3.46. The maximum absolute atomic E-state index is 12.3. The Bertz CT molecular complexity index is 971. The fraction of sp³-hybridized carbons (Fsp3) is 0.211. The zero-order valence-corrected chi connectivity index (χ0v) is 15.2. The molecule has 0 spiro atoms. The van der Waals surface area contributed by atoms with E-state index < -0.39 is 0 Å². The smallest absolute Gasteiger partial charge is 0.257 e. The molecule has 5 nitrogen and oxygen atoms in total. The van der Waals surface area contributed by atoms with Crippen LogP contribution in [0.3, 0.4) is 0 Å². The van der Waals surface area contributed by atoms with Gasteiger partial charge in [0.25, 0.3) is 11.5 Å². The van der Waals surface area contributed by atoms with E-state index in [4.69, 9.17) is 0 Å². The number of aromatic nitrogens is 2. The number of carbonyl (C=O) groups excluding carboxylic acids is 1. The van der Waals surface area contributed by atoms with Gasteiger partial charge in [0, 0.05) is 36.2 Å². The summed E-state index contributed by atoms with van der Waals surface area (Å²) >= 11 is 1.46. The van der Waals surface area contributed by atoms with Gasteiger partial charge in [-0.3, -0.25) is 14.9 Å². The molecule has 1 amide bonds. The van der Waals surface area contributed by atoms with Gasteiger partial charge in [0.05, 0.1) is 5.69 Å². The van der Waals surface area contributed by atoms with Gasteiger partial charge in [-0.2, -0.15) is 0 Å². The molecule has 128 valence electrons. The third-order valence-electron chi connectivity index (χ3n) is 3.96. The van der Waals surface area contributed by atoms with Gasteiger partial charge < -0.3 is 4.57 Å². The van der Waals surface area contributed by atoms with Crippen molar-refractivity contribution < 1.29 is 4.79 Å². The monoisotopic (exact) mass is 353 g/mol. The average Bonchev–Trinajstić information content (AvgIpc) is 2.91. The molecule has 3 aromatic rings. The standard InChI is InChI=1S/C19H19N3O2S/c1-12-4-6-14(7-5-12)10-16-13(2)20-19(25-16)21-18(24)15-8-9-22(3)17(23)11-15/h4-9,11H,10H2,1-3H3,(H,20,21,24). The van der Waals surface area contributed by atoms with Crippen molar-refractivity contribution in [3.05, 3.63) is 80.2 Å². The lowest BCUT2D eigenvalue weighted by molar-refractivity contribution is 0.102. The molecule has 0 aliphatic heterocycles. The minimum absolute atomic E-state index is 0.219. The van der Waals surface area contributed by atoms with Crippen molar-refractivity contribution in [2.24, 2.45) is 7.05 Å². The van der Waals surface area contributed by atoms with Crippen LogP contribution < -0.4 is 10.9 Å². The minimum Gasteiger partial charge on any atom is -0.319 e. The highest BCUT2D eigenvalue weighted by molar-refractivity contribution is 7.15. The number of aryl methyl sites for hydroxylation is 3. The lowest BCUT2D eigenvalue weighted by Crippen LogP contribution is -2.19. The van der Waals surface area contributed by atoms with Crippen molar-refractivity contribution in [1.29, 1.82) is 0 Å². The highest BCUT2D eigenvalue weighted by Gasteiger charge is 2.13. The van der Waals surface area contributed by atoms with Crippen LogP contribution in [-0.4, -0.2) is 15.5 Å². The van der Waals surface area contributed by atoms with E-state index in [1.165, 1.54) is 33.1 Å². The first-order chi connectivity index (χ1) is 11.9. The van der Waals surface area contributed by atoms with Gasteiger partial charge in [0.1, 0.15) is 0 Å². The number of carbonyl (C=O) groups is 1. The second-order valence-corrected chi connectivity index (χ2v) is 7.09. The summed E-state index contributed by atoms with van der Waals surface area (Å²) in [6, 6.07) is 11.3. The molecule has 0 unspecified atom stereocenters. The molecule has 0 aliphatic carbocycles. The van der Waals surface area contributed by atoms with E-state index in [1.54, 1.807) is 19.3 Å². The van der Waals surface area contributed by atoms with Crippen LogP contribution in [0.5, 0.6) is 0 Å². The molecule has 2 heterocycles. The predicted molar refractivity (Wildman–Crippen MR) is 100 cm³/mol. The van der Waals surface area contributed by atoms with Crippen molar-refractivity contribution in [3.63, 3.8) is 0 Å². The number of hydrogen-bond donors (Lipinski definition) is 1. The number of rotatable bonds is 4. The highest BCUT2D eigenvalue weighted by Crippen LogP contribution is 2.25. The summed E-state index contributed by atoms with van der Waals surface area (Å²) < 4.78 is 1.42. The molecule has 0 atom stereocenters. The molecule has 1 N–H and O–H groups in total. The van der Waals surface area contributed by atoms with Gasteiger partial charge in [-0.25, -0.2) is 4.98 Å². The third kappa shape index (κ3) is 4.03. The summed E-state index contributed by atoms with van der Waals surface area (Å²) in [4.78, 5) is 29.5. The van der Waals surface area contributed by atoms with Gasteiger partial charge in [-0.1, -0.05) is 29.8 Å². The summed E-state index contributed by atoms with van der Waals surface area (Å²) in [6.45, 7) is 4.00. The SMILES string of the molecule is Cc1ccc(Cc2sc(NC(=O)c3ccn(C)c(=O)c3)nc2C)cc1. The Kier molecular flexibility index (Phi) is 4.81. The first-order valence-electron chi connectivity index (χ1n) is 7.92. The maximum Gasteiger partial charge on any atom is 0.257 e. The van der Waals surface area contributed by atoms with Gasteiger partial charge in [-0.15, -0.1) is 11.3 Å². The van der Waals surface area contributed by atoms with E-state index in [1.807, 2.05) is 6.92 Å². The molecule has 0 fully saturated rings. The number of anilines is 1. The second kappa shape index (κ2) is 7.03. The van der Waals surface area contributed by atoms with E-state index in [0.29, 0.717) is 10.7 Å². The third-order valence-corrected chi connectivity index (χ3v) is 5.04. The molecule has 6 heteroatoms. The highest BCUT2D eigenvalue weighted by atomic mass is 32.1. The molecule has 25 heavy (non-hydrogen) atoms. The zero-order valence-electron chi connectivity index (χ0n) is 14.4. The Hall–Kier alpha value is -2.73. The lowest BCUT2D eigenvalue weighted by Gasteiger charge is -2.02. The second-order valence-electron chi connectivity index (χ2n) is 6.01.